The minimum absolute atomic E-state index is 0.00249. The number of aromatic nitrogens is 1. The second-order valence-corrected chi connectivity index (χ2v) is 9.87. The van der Waals surface area contributed by atoms with Gasteiger partial charge in [0.1, 0.15) is 17.8 Å². The Bertz CT molecular complexity index is 892. The first-order valence-corrected chi connectivity index (χ1v) is 12.2. The van der Waals surface area contributed by atoms with Gasteiger partial charge in [0.15, 0.2) is 0 Å². The maximum absolute atomic E-state index is 13.4. The van der Waals surface area contributed by atoms with Crippen molar-refractivity contribution >= 4 is 23.6 Å². The largest absolute Gasteiger partial charge is 0.368 e. The summed E-state index contributed by atoms with van der Waals surface area (Å²) in [5, 5.41) is 9.13. The molecule has 0 aliphatic carbocycles. The molecule has 0 saturated carbocycles. The molecule has 188 valence electrons. The molecule has 10 nitrogen and oxygen atoms in total. The summed E-state index contributed by atoms with van der Waals surface area (Å²) in [6, 6.07) is 1.63. The van der Waals surface area contributed by atoms with E-state index in [0.29, 0.717) is 25.1 Å². The highest BCUT2D eigenvalue weighted by molar-refractivity contribution is 5.97. The second-order valence-electron chi connectivity index (χ2n) is 9.87. The van der Waals surface area contributed by atoms with E-state index in [4.69, 9.17) is 5.73 Å². The molecule has 2 fully saturated rings. The molecule has 10 heteroatoms. The van der Waals surface area contributed by atoms with Gasteiger partial charge in [-0.3, -0.25) is 19.2 Å². The van der Waals surface area contributed by atoms with Gasteiger partial charge in [-0.2, -0.15) is 0 Å². The molecule has 0 unspecified atom stereocenters. The van der Waals surface area contributed by atoms with E-state index in [1.807, 2.05) is 13.8 Å². The number of carbonyl (C=O) groups is 4. The van der Waals surface area contributed by atoms with Gasteiger partial charge in [-0.15, -0.1) is 0 Å². The fraction of sp³-hybridized carbons (Fsp3) is 0.667. The van der Waals surface area contributed by atoms with Gasteiger partial charge < -0.3 is 31.2 Å². The maximum atomic E-state index is 13.4. The first-order valence-electron chi connectivity index (χ1n) is 12.2. The van der Waals surface area contributed by atoms with Crippen molar-refractivity contribution in [2.24, 2.45) is 24.6 Å². The summed E-state index contributed by atoms with van der Waals surface area (Å²) in [6.45, 7) is 5.85. The molecule has 3 rings (SSSR count). The first kappa shape index (κ1) is 25.7. The topological polar surface area (TPSA) is 139 Å². The summed E-state index contributed by atoms with van der Waals surface area (Å²) in [4.78, 5) is 53.0. The zero-order chi connectivity index (χ0) is 24.8. The Morgan fingerprint density at radius 3 is 2.44 bits per heavy atom. The highest BCUT2D eigenvalue weighted by Crippen LogP contribution is 2.23. The lowest BCUT2D eigenvalue weighted by Gasteiger charge is -2.39. The molecule has 3 atom stereocenters. The Balaban J connectivity index is 1.76. The van der Waals surface area contributed by atoms with Crippen LogP contribution in [0.3, 0.4) is 0 Å². The lowest BCUT2D eigenvalue weighted by molar-refractivity contribution is -0.132. The highest BCUT2D eigenvalue weighted by atomic mass is 16.2. The number of primary amides is 1. The number of nitrogens with two attached hydrogens (primary N) is 1. The van der Waals surface area contributed by atoms with Gasteiger partial charge in [-0.25, -0.2) is 0 Å². The van der Waals surface area contributed by atoms with E-state index in [9.17, 15) is 19.2 Å². The third-order valence-electron chi connectivity index (χ3n) is 6.75. The number of amides is 4. The van der Waals surface area contributed by atoms with Gasteiger partial charge in [-0.1, -0.05) is 13.8 Å². The first-order chi connectivity index (χ1) is 16.2. The third kappa shape index (κ3) is 6.37. The van der Waals surface area contributed by atoms with Crippen molar-refractivity contribution < 1.29 is 19.2 Å². The number of aryl methyl sites for hydroxylation is 1. The number of rotatable bonds is 8. The average molecular weight is 475 g/mol. The molecular weight excluding hydrogens is 436 g/mol. The quantitative estimate of drug-likeness (QED) is 0.424. The molecule has 1 aromatic rings. The Hall–Kier alpha value is -2.88. The highest BCUT2D eigenvalue weighted by Gasteiger charge is 2.39. The predicted octanol–water partition coefficient (Wildman–Crippen LogP) is 0.130. The second kappa shape index (κ2) is 11.5. The standard InChI is InChI=1S/C24H38N6O4/c1-15(2)13-18(21(25)31)28-23(33)20-14-17(27-22(32)16-6-9-26-10-7-16)8-12-30(20)24(34)19-5-4-11-29(19)3/h4-5,11,15-18,20,26H,6-10,12-14H2,1-3H3,(H2,25,31)(H,27,32)(H,28,33)/t17-,18+,20+/m0/s1. The number of likely N-dealkylation sites (tertiary alicyclic amines) is 1. The number of hydrogen-bond acceptors (Lipinski definition) is 5. The number of piperidine rings is 2. The minimum Gasteiger partial charge on any atom is -0.368 e. The normalized spacial score (nSPS) is 22.3. The Kier molecular flexibility index (Phi) is 8.71. The smallest absolute Gasteiger partial charge is 0.271 e. The van der Waals surface area contributed by atoms with Gasteiger partial charge in [0.25, 0.3) is 5.91 Å². The van der Waals surface area contributed by atoms with Crippen molar-refractivity contribution in [3.63, 3.8) is 0 Å². The molecule has 2 saturated heterocycles. The number of carbonyl (C=O) groups excluding carboxylic acids is 4. The molecule has 34 heavy (non-hydrogen) atoms. The summed E-state index contributed by atoms with van der Waals surface area (Å²) in [7, 11) is 1.78. The van der Waals surface area contributed by atoms with Crippen LogP contribution in [0.1, 0.15) is 56.4 Å². The predicted molar refractivity (Wildman–Crippen MR) is 128 cm³/mol. The van der Waals surface area contributed by atoms with Crippen LogP contribution >= 0.6 is 0 Å². The van der Waals surface area contributed by atoms with Crippen molar-refractivity contribution in [2.75, 3.05) is 19.6 Å². The van der Waals surface area contributed by atoms with E-state index in [-0.39, 0.29) is 36.1 Å². The van der Waals surface area contributed by atoms with Crippen molar-refractivity contribution in [1.29, 1.82) is 0 Å². The molecule has 4 amide bonds. The van der Waals surface area contributed by atoms with Gasteiger partial charge in [-0.05, 0) is 63.2 Å². The van der Waals surface area contributed by atoms with Crippen molar-refractivity contribution in [1.82, 2.24) is 25.4 Å². The summed E-state index contributed by atoms with van der Waals surface area (Å²) < 4.78 is 1.72. The molecule has 0 aromatic carbocycles. The van der Waals surface area contributed by atoms with E-state index in [1.165, 1.54) is 0 Å². The lowest BCUT2D eigenvalue weighted by atomic mass is 9.92. The molecule has 0 bridgehead atoms. The zero-order valence-corrected chi connectivity index (χ0v) is 20.4. The van der Waals surface area contributed by atoms with Crippen LogP contribution in [0.5, 0.6) is 0 Å². The molecule has 0 spiro atoms. The van der Waals surface area contributed by atoms with Gasteiger partial charge in [0.2, 0.25) is 17.7 Å². The molecule has 5 N–H and O–H groups in total. The maximum Gasteiger partial charge on any atom is 0.271 e. The molecular formula is C24H38N6O4. The van der Waals surface area contributed by atoms with Crippen molar-refractivity contribution in [3.8, 4) is 0 Å². The van der Waals surface area contributed by atoms with E-state index in [0.717, 1.165) is 25.9 Å². The van der Waals surface area contributed by atoms with E-state index in [1.54, 1.807) is 34.8 Å². The fourth-order valence-electron chi connectivity index (χ4n) is 4.81. The summed E-state index contributed by atoms with van der Waals surface area (Å²) in [5.41, 5.74) is 6.01. The SMILES string of the molecule is CC(C)C[C@@H](NC(=O)[C@H]1C[C@@H](NC(=O)C2CCNCC2)CCN1C(=O)c1cccn1C)C(N)=O. The summed E-state index contributed by atoms with van der Waals surface area (Å²) in [5.74, 6) is -1.16. The molecule has 1 aromatic heterocycles. The van der Waals surface area contributed by atoms with Crippen LogP contribution in [0, 0.1) is 11.8 Å². The third-order valence-corrected chi connectivity index (χ3v) is 6.75. The summed E-state index contributed by atoms with van der Waals surface area (Å²) in [6.07, 6.45) is 4.61. The number of nitrogens with one attached hydrogen (secondary N) is 3. The van der Waals surface area contributed by atoms with Crippen molar-refractivity contribution in [3.05, 3.63) is 24.0 Å². The van der Waals surface area contributed by atoms with E-state index < -0.39 is 23.9 Å². The van der Waals surface area contributed by atoms with Gasteiger partial charge >= 0.3 is 0 Å². The zero-order valence-electron chi connectivity index (χ0n) is 20.4. The van der Waals surface area contributed by atoms with Crippen molar-refractivity contribution in [2.45, 2.75) is 64.1 Å². The van der Waals surface area contributed by atoms with Crippen LogP contribution < -0.4 is 21.7 Å². The Labute approximate surface area is 201 Å². The lowest BCUT2D eigenvalue weighted by Crippen LogP contribution is -2.60. The average Bonchev–Trinajstić information content (AvgIpc) is 3.24. The van der Waals surface area contributed by atoms with Crippen LogP contribution in [0.2, 0.25) is 0 Å². The van der Waals surface area contributed by atoms with Gasteiger partial charge in [0.05, 0.1) is 0 Å². The molecule has 2 aliphatic rings. The monoisotopic (exact) mass is 474 g/mol. The fourth-order valence-corrected chi connectivity index (χ4v) is 4.81. The van der Waals surface area contributed by atoms with E-state index >= 15 is 0 Å². The van der Waals surface area contributed by atoms with Crippen LogP contribution in [0.15, 0.2) is 18.3 Å². The van der Waals surface area contributed by atoms with E-state index in [2.05, 4.69) is 16.0 Å². The molecule has 2 aliphatic heterocycles. The Morgan fingerprint density at radius 2 is 1.85 bits per heavy atom. The van der Waals surface area contributed by atoms with Gasteiger partial charge in [0, 0.05) is 31.7 Å². The Morgan fingerprint density at radius 1 is 1.15 bits per heavy atom. The van der Waals surface area contributed by atoms with Crippen LogP contribution in [-0.4, -0.2) is 70.9 Å². The van der Waals surface area contributed by atoms with Crippen LogP contribution in [0.4, 0.5) is 0 Å². The van der Waals surface area contributed by atoms with Crippen LogP contribution in [-0.2, 0) is 21.4 Å². The number of nitrogens with zero attached hydrogens (tertiary/aromatic N) is 2. The molecule has 0 radical (unpaired) electrons. The van der Waals surface area contributed by atoms with Crippen LogP contribution in [0.25, 0.3) is 0 Å². The molecule has 3 heterocycles. The minimum atomic E-state index is -0.816. The number of hydrogen-bond donors (Lipinski definition) is 4. The summed E-state index contributed by atoms with van der Waals surface area (Å²) >= 11 is 0.